The van der Waals surface area contributed by atoms with E-state index in [-0.39, 0.29) is 19.3 Å². The van der Waals surface area contributed by atoms with Gasteiger partial charge in [0.15, 0.2) is 0 Å². The summed E-state index contributed by atoms with van der Waals surface area (Å²) in [4.78, 5) is 15.5. The van der Waals surface area contributed by atoms with Crippen molar-refractivity contribution < 1.29 is 14.6 Å². The van der Waals surface area contributed by atoms with Crippen LogP contribution in [-0.4, -0.2) is 66.9 Å². The van der Waals surface area contributed by atoms with Gasteiger partial charge in [0.1, 0.15) is 6.61 Å². The number of likely N-dealkylation sites (N-methyl/N-ethyl adjacent to an activating group) is 1. The lowest BCUT2D eigenvalue weighted by Gasteiger charge is -2.38. The molecule has 1 atom stereocenters. The van der Waals surface area contributed by atoms with Gasteiger partial charge in [-0.2, -0.15) is 0 Å². The van der Waals surface area contributed by atoms with Crippen molar-refractivity contribution in [2.24, 2.45) is 0 Å². The highest BCUT2D eigenvalue weighted by molar-refractivity contribution is 5.67. The number of nitrogens with zero attached hydrogens (tertiary/aromatic N) is 2. The van der Waals surface area contributed by atoms with Gasteiger partial charge in [0.2, 0.25) is 0 Å². The van der Waals surface area contributed by atoms with E-state index < -0.39 is 0 Å². The van der Waals surface area contributed by atoms with E-state index in [1.165, 1.54) is 0 Å². The Morgan fingerprint density at radius 3 is 2.87 bits per heavy atom. The first-order valence-corrected chi connectivity index (χ1v) is 5.41. The van der Waals surface area contributed by atoms with E-state index in [4.69, 9.17) is 9.84 Å². The van der Waals surface area contributed by atoms with Gasteiger partial charge in [0.05, 0.1) is 6.61 Å². The summed E-state index contributed by atoms with van der Waals surface area (Å²) in [5.74, 6) is 0. The first-order valence-electron chi connectivity index (χ1n) is 5.41. The van der Waals surface area contributed by atoms with Crippen molar-refractivity contribution in [1.82, 2.24) is 9.80 Å². The molecule has 5 heteroatoms. The molecule has 1 heterocycles. The smallest absolute Gasteiger partial charge is 0.409 e. The van der Waals surface area contributed by atoms with E-state index >= 15 is 0 Å². The fraction of sp³-hybridized carbons (Fsp3) is 0.900. The van der Waals surface area contributed by atoms with Crippen molar-refractivity contribution in [3.63, 3.8) is 0 Å². The molecule has 1 saturated heterocycles. The molecule has 15 heavy (non-hydrogen) atoms. The minimum atomic E-state index is -0.310. The summed E-state index contributed by atoms with van der Waals surface area (Å²) in [6.45, 7) is 4.39. The van der Waals surface area contributed by atoms with Crippen LogP contribution in [0.4, 0.5) is 4.79 Å². The number of rotatable bonds is 3. The number of hydrogen-bond acceptors (Lipinski definition) is 4. The number of aliphatic hydroxyl groups is 1. The molecule has 1 aliphatic rings. The van der Waals surface area contributed by atoms with Crippen molar-refractivity contribution in [3.8, 4) is 0 Å². The summed E-state index contributed by atoms with van der Waals surface area (Å²) in [5.41, 5.74) is 0. The molecule has 0 radical (unpaired) electrons. The van der Waals surface area contributed by atoms with Crippen molar-refractivity contribution in [1.29, 1.82) is 0 Å². The topological polar surface area (TPSA) is 53.0 Å². The van der Waals surface area contributed by atoms with Gasteiger partial charge >= 0.3 is 6.09 Å². The molecule has 5 nitrogen and oxygen atoms in total. The third kappa shape index (κ3) is 3.35. The van der Waals surface area contributed by atoms with Gasteiger partial charge < -0.3 is 14.7 Å². The molecule has 0 saturated carbocycles. The predicted octanol–water partition coefficient (Wildman–Crippen LogP) is 0.141. The Bertz CT molecular complexity index is 211. The lowest BCUT2D eigenvalue weighted by molar-refractivity contribution is 0.0507. The van der Waals surface area contributed by atoms with Crippen molar-refractivity contribution >= 4 is 6.09 Å². The minimum Gasteiger partial charge on any atom is -0.447 e. The largest absolute Gasteiger partial charge is 0.447 e. The van der Waals surface area contributed by atoms with Gasteiger partial charge in [-0.05, 0) is 13.5 Å². The molecule has 0 spiro atoms. The Morgan fingerprint density at radius 1 is 1.53 bits per heavy atom. The lowest BCUT2D eigenvalue weighted by atomic mass is 10.1. The fourth-order valence-electron chi connectivity index (χ4n) is 1.78. The van der Waals surface area contributed by atoms with Crippen LogP contribution in [0.5, 0.6) is 0 Å². The summed E-state index contributed by atoms with van der Waals surface area (Å²) in [6.07, 6.45) is 0.718. The van der Waals surface area contributed by atoms with Crippen LogP contribution in [0, 0.1) is 0 Å². The Labute approximate surface area is 90.6 Å². The van der Waals surface area contributed by atoms with Gasteiger partial charge in [-0.1, -0.05) is 6.92 Å². The third-order valence-corrected chi connectivity index (χ3v) is 2.82. The summed E-state index contributed by atoms with van der Waals surface area (Å²) in [6, 6.07) is 0.417. The van der Waals surface area contributed by atoms with Crippen LogP contribution < -0.4 is 0 Å². The van der Waals surface area contributed by atoms with E-state index in [9.17, 15) is 4.79 Å². The molecule has 0 aliphatic carbocycles. The van der Waals surface area contributed by atoms with E-state index in [0.717, 1.165) is 19.5 Å². The third-order valence-electron chi connectivity index (χ3n) is 2.82. The maximum Gasteiger partial charge on any atom is 0.409 e. The Hall–Kier alpha value is -0.810. The first kappa shape index (κ1) is 12.3. The number of piperazine rings is 1. The SMILES string of the molecule is CCC1CN(C(=O)OCCO)CCN1C. The number of aliphatic hydroxyl groups excluding tert-OH is 1. The molecule has 0 aromatic rings. The van der Waals surface area contributed by atoms with Gasteiger partial charge in [-0.3, -0.25) is 4.90 Å². The zero-order chi connectivity index (χ0) is 11.3. The molecule has 0 aromatic heterocycles. The van der Waals surface area contributed by atoms with Crippen LogP contribution in [0.1, 0.15) is 13.3 Å². The van der Waals surface area contributed by atoms with Gasteiger partial charge in [0.25, 0.3) is 0 Å². The van der Waals surface area contributed by atoms with E-state index in [2.05, 4.69) is 18.9 Å². The van der Waals surface area contributed by atoms with Crippen LogP contribution in [0.3, 0.4) is 0 Å². The quantitative estimate of drug-likeness (QED) is 0.729. The molecule has 0 aromatic carbocycles. The number of ether oxygens (including phenoxy) is 1. The maximum absolute atomic E-state index is 11.5. The van der Waals surface area contributed by atoms with Gasteiger partial charge in [0, 0.05) is 25.7 Å². The molecule has 1 rings (SSSR count). The fourth-order valence-corrected chi connectivity index (χ4v) is 1.78. The second kappa shape index (κ2) is 5.92. The van der Waals surface area contributed by atoms with Crippen LogP contribution in [-0.2, 0) is 4.74 Å². The molecule has 88 valence electrons. The van der Waals surface area contributed by atoms with Crippen molar-refractivity contribution in [2.75, 3.05) is 39.9 Å². The predicted molar refractivity (Wildman–Crippen MR) is 56.7 cm³/mol. The Kier molecular flexibility index (Phi) is 4.84. The number of hydrogen-bond donors (Lipinski definition) is 1. The second-order valence-electron chi connectivity index (χ2n) is 3.83. The highest BCUT2D eigenvalue weighted by Crippen LogP contribution is 2.11. The Morgan fingerprint density at radius 2 is 2.27 bits per heavy atom. The summed E-state index contributed by atoms with van der Waals surface area (Å²) < 4.78 is 4.88. The minimum absolute atomic E-state index is 0.0853. The van der Waals surface area contributed by atoms with Gasteiger partial charge in [-0.15, -0.1) is 0 Å². The van der Waals surface area contributed by atoms with E-state index in [1.54, 1.807) is 4.90 Å². The number of amides is 1. The van der Waals surface area contributed by atoms with Crippen molar-refractivity contribution in [3.05, 3.63) is 0 Å². The maximum atomic E-state index is 11.5. The molecule has 1 unspecified atom stereocenters. The molecule has 1 aliphatic heterocycles. The monoisotopic (exact) mass is 216 g/mol. The highest BCUT2D eigenvalue weighted by atomic mass is 16.6. The Balaban J connectivity index is 2.40. The molecule has 0 bridgehead atoms. The molecule has 1 amide bonds. The molecular formula is C10H20N2O3. The van der Waals surface area contributed by atoms with Crippen molar-refractivity contribution in [2.45, 2.75) is 19.4 Å². The summed E-state index contributed by atoms with van der Waals surface area (Å²) in [5, 5.41) is 8.55. The second-order valence-corrected chi connectivity index (χ2v) is 3.83. The van der Waals surface area contributed by atoms with E-state index in [0.29, 0.717) is 12.6 Å². The molecule has 1 fully saturated rings. The number of carbonyl (C=O) groups excluding carboxylic acids is 1. The van der Waals surface area contributed by atoms with Crippen LogP contribution in [0.25, 0.3) is 0 Å². The number of carbonyl (C=O) groups is 1. The average molecular weight is 216 g/mol. The summed E-state index contributed by atoms with van der Waals surface area (Å²) in [7, 11) is 2.07. The normalized spacial score (nSPS) is 22.9. The zero-order valence-corrected chi connectivity index (χ0v) is 9.48. The lowest BCUT2D eigenvalue weighted by Crippen LogP contribution is -2.53. The van der Waals surface area contributed by atoms with Gasteiger partial charge in [-0.25, -0.2) is 4.79 Å². The molecule has 1 N–H and O–H groups in total. The van der Waals surface area contributed by atoms with E-state index in [1.807, 2.05) is 0 Å². The standard InChI is InChI=1S/C10H20N2O3/c1-3-9-8-12(5-4-11(9)2)10(14)15-7-6-13/h9,13H,3-8H2,1-2H3. The summed E-state index contributed by atoms with van der Waals surface area (Å²) >= 11 is 0. The van der Waals surface area contributed by atoms with Crippen LogP contribution in [0.15, 0.2) is 0 Å². The average Bonchev–Trinajstić information content (AvgIpc) is 2.26. The highest BCUT2D eigenvalue weighted by Gasteiger charge is 2.26. The van der Waals surface area contributed by atoms with Crippen LogP contribution >= 0.6 is 0 Å². The van der Waals surface area contributed by atoms with Crippen LogP contribution in [0.2, 0.25) is 0 Å². The molecular weight excluding hydrogens is 196 g/mol. The first-order chi connectivity index (χ1) is 7.19. The zero-order valence-electron chi connectivity index (χ0n) is 9.48.